The van der Waals surface area contributed by atoms with Gasteiger partial charge in [-0.3, -0.25) is 0 Å². The van der Waals surface area contributed by atoms with E-state index < -0.39 is 5.41 Å². The van der Waals surface area contributed by atoms with E-state index in [9.17, 15) is 5.26 Å². The van der Waals surface area contributed by atoms with Crippen molar-refractivity contribution in [2.45, 2.75) is 30.7 Å². The van der Waals surface area contributed by atoms with Crippen LogP contribution >= 0.6 is 0 Å². The van der Waals surface area contributed by atoms with Crippen LogP contribution in [0.3, 0.4) is 0 Å². The summed E-state index contributed by atoms with van der Waals surface area (Å²) < 4.78 is 2.08. The standard InChI is InChI=1S/C21H20N4/c22-14-21(17-7-3-1-4-8-17,18-9-5-2-6-10-18)19-11-12-20(13-19)25-15-23-24-16-25/h1-10,15-16,19-20H,11-13H2. The molecule has 4 nitrogen and oxygen atoms in total. The molecule has 0 radical (unpaired) electrons. The highest BCUT2D eigenvalue weighted by molar-refractivity contribution is 5.47. The molecule has 0 amide bonds. The summed E-state index contributed by atoms with van der Waals surface area (Å²) in [4.78, 5) is 0. The molecule has 2 unspecified atom stereocenters. The van der Waals surface area contributed by atoms with Crippen molar-refractivity contribution in [3.63, 3.8) is 0 Å². The molecule has 1 saturated carbocycles. The maximum atomic E-state index is 10.4. The van der Waals surface area contributed by atoms with Crippen molar-refractivity contribution in [1.29, 1.82) is 5.26 Å². The quantitative estimate of drug-likeness (QED) is 0.723. The Labute approximate surface area is 147 Å². The van der Waals surface area contributed by atoms with Crippen molar-refractivity contribution in [3.8, 4) is 6.07 Å². The Hall–Kier alpha value is -2.93. The van der Waals surface area contributed by atoms with Gasteiger partial charge >= 0.3 is 0 Å². The number of nitriles is 1. The second-order valence-electron chi connectivity index (χ2n) is 6.72. The highest BCUT2D eigenvalue weighted by atomic mass is 15.2. The summed E-state index contributed by atoms with van der Waals surface area (Å²) in [5.41, 5.74) is 1.54. The van der Waals surface area contributed by atoms with Crippen LogP contribution in [0.5, 0.6) is 0 Å². The summed E-state index contributed by atoms with van der Waals surface area (Å²) in [7, 11) is 0. The Balaban J connectivity index is 1.78. The molecule has 124 valence electrons. The van der Waals surface area contributed by atoms with E-state index in [1.807, 2.05) is 36.4 Å². The summed E-state index contributed by atoms with van der Waals surface area (Å²) in [5.74, 6) is 0.259. The van der Waals surface area contributed by atoms with Crippen molar-refractivity contribution in [2.24, 2.45) is 5.92 Å². The predicted octanol–water partition coefficient (Wildman–Crippen LogP) is 4.13. The van der Waals surface area contributed by atoms with Gasteiger partial charge in [-0.05, 0) is 36.3 Å². The number of benzene rings is 2. The van der Waals surface area contributed by atoms with Crippen LogP contribution in [0.2, 0.25) is 0 Å². The molecule has 2 atom stereocenters. The maximum Gasteiger partial charge on any atom is 0.119 e. The average Bonchev–Trinajstić information content (AvgIpc) is 3.37. The van der Waals surface area contributed by atoms with Crippen LogP contribution in [0, 0.1) is 17.2 Å². The lowest BCUT2D eigenvalue weighted by atomic mass is 9.66. The minimum absolute atomic E-state index is 0.259. The van der Waals surface area contributed by atoms with Crippen LogP contribution in [-0.2, 0) is 5.41 Å². The predicted molar refractivity (Wildman–Crippen MR) is 95.7 cm³/mol. The monoisotopic (exact) mass is 328 g/mol. The van der Waals surface area contributed by atoms with E-state index in [2.05, 4.69) is 45.1 Å². The molecular formula is C21H20N4. The van der Waals surface area contributed by atoms with Crippen molar-refractivity contribution >= 4 is 0 Å². The molecule has 0 aliphatic heterocycles. The summed E-state index contributed by atoms with van der Waals surface area (Å²) in [6.45, 7) is 0. The van der Waals surface area contributed by atoms with Crippen molar-refractivity contribution in [1.82, 2.24) is 14.8 Å². The Morgan fingerprint density at radius 2 is 1.44 bits per heavy atom. The molecule has 1 heterocycles. The Kier molecular flexibility index (Phi) is 4.07. The number of nitrogens with zero attached hydrogens (tertiary/aromatic N) is 4. The molecule has 3 aromatic rings. The van der Waals surface area contributed by atoms with E-state index in [0.29, 0.717) is 6.04 Å². The fraction of sp³-hybridized carbons (Fsp3) is 0.286. The summed E-state index contributed by atoms with van der Waals surface area (Å²) in [5, 5.41) is 18.3. The zero-order chi connectivity index (χ0) is 17.1. The first-order valence-corrected chi connectivity index (χ1v) is 8.71. The highest BCUT2D eigenvalue weighted by Crippen LogP contribution is 2.49. The summed E-state index contributed by atoms with van der Waals surface area (Å²) >= 11 is 0. The van der Waals surface area contributed by atoms with Gasteiger partial charge in [-0.1, -0.05) is 60.7 Å². The van der Waals surface area contributed by atoms with E-state index >= 15 is 0 Å². The van der Waals surface area contributed by atoms with Gasteiger partial charge in [0.25, 0.3) is 0 Å². The van der Waals surface area contributed by atoms with Crippen molar-refractivity contribution in [3.05, 3.63) is 84.4 Å². The first-order chi connectivity index (χ1) is 12.3. The van der Waals surface area contributed by atoms with Gasteiger partial charge in [-0.15, -0.1) is 10.2 Å². The third kappa shape index (κ3) is 2.62. The van der Waals surface area contributed by atoms with Gasteiger partial charge in [0.1, 0.15) is 18.1 Å². The molecule has 0 spiro atoms. The molecule has 0 bridgehead atoms. The molecular weight excluding hydrogens is 308 g/mol. The van der Waals surface area contributed by atoms with Crippen molar-refractivity contribution in [2.75, 3.05) is 0 Å². The SMILES string of the molecule is N#CC(c1ccccc1)(c1ccccc1)C1CCC(n2cnnc2)C1. The lowest BCUT2D eigenvalue weighted by Gasteiger charge is -2.34. The van der Waals surface area contributed by atoms with E-state index in [1.165, 1.54) is 0 Å². The smallest absolute Gasteiger partial charge is 0.119 e. The Morgan fingerprint density at radius 1 is 0.880 bits per heavy atom. The van der Waals surface area contributed by atoms with E-state index in [-0.39, 0.29) is 5.92 Å². The minimum Gasteiger partial charge on any atom is -0.317 e. The van der Waals surface area contributed by atoms with E-state index in [4.69, 9.17) is 0 Å². The summed E-state index contributed by atoms with van der Waals surface area (Å²) in [6, 6.07) is 23.5. The van der Waals surface area contributed by atoms with Gasteiger partial charge in [0, 0.05) is 6.04 Å². The van der Waals surface area contributed by atoms with Crippen molar-refractivity contribution < 1.29 is 0 Å². The molecule has 0 saturated heterocycles. The lowest BCUT2D eigenvalue weighted by molar-refractivity contribution is 0.381. The second kappa shape index (κ2) is 6.52. The molecule has 1 aliphatic rings. The van der Waals surface area contributed by atoms with E-state index in [0.717, 1.165) is 30.4 Å². The van der Waals surface area contributed by atoms with Crippen LogP contribution in [0.15, 0.2) is 73.3 Å². The molecule has 1 fully saturated rings. The molecule has 4 heteroatoms. The summed E-state index contributed by atoms with van der Waals surface area (Å²) in [6.07, 6.45) is 6.58. The zero-order valence-corrected chi connectivity index (χ0v) is 14.0. The molecule has 1 aromatic heterocycles. The van der Waals surface area contributed by atoms with Gasteiger partial charge in [0.05, 0.1) is 6.07 Å². The average molecular weight is 328 g/mol. The Morgan fingerprint density at radius 3 is 1.96 bits per heavy atom. The topological polar surface area (TPSA) is 54.5 Å². The van der Waals surface area contributed by atoms with E-state index in [1.54, 1.807) is 12.7 Å². The molecule has 25 heavy (non-hydrogen) atoms. The van der Waals surface area contributed by atoms with Crippen LogP contribution in [-0.4, -0.2) is 14.8 Å². The molecule has 0 N–H and O–H groups in total. The fourth-order valence-corrected chi connectivity index (χ4v) is 4.28. The number of aromatic nitrogens is 3. The fourth-order valence-electron chi connectivity index (χ4n) is 4.28. The third-order valence-corrected chi connectivity index (χ3v) is 5.51. The first kappa shape index (κ1) is 15.6. The van der Waals surface area contributed by atoms with Gasteiger partial charge < -0.3 is 4.57 Å². The van der Waals surface area contributed by atoms with Crippen LogP contribution in [0.25, 0.3) is 0 Å². The van der Waals surface area contributed by atoms with Crippen LogP contribution in [0.4, 0.5) is 0 Å². The molecule has 1 aliphatic carbocycles. The lowest BCUT2D eigenvalue weighted by Crippen LogP contribution is -2.34. The first-order valence-electron chi connectivity index (χ1n) is 8.71. The second-order valence-corrected chi connectivity index (χ2v) is 6.72. The van der Waals surface area contributed by atoms with Gasteiger partial charge in [-0.2, -0.15) is 5.26 Å². The Bertz CT molecular complexity index is 810. The van der Waals surface area contributed by atoms with Gasteiger partial charge in [-0.25, -0.2) is 0 Å². The minimum atomic E-state index is -0.620. The molecule has 4 rings (SSSR count). The normalized spacial score (nSPS) is 20.3. The zero-order valence-electron chi connectivity index (χ0n) is 14.0. The van der Waals surface area contributed by atoms with Crippen LogP contribution < -0.4 is 0 Å². The number of rotatable bonds is 4. The largest absolute Gasteiger partial charge is 0.317 e. The number of hydrogen-bond acceptors (Lipinski definition) is 3. The molecule has 2 aromatic carbocycles. The highest BCUT2D eigenvalue weighted by Gasteiger charge is 2.46. The maximum absolute atomic E-state index is 10.4. The van der Waals surface area contributed by atoms with Gasteiger partial charge in [0.15, 0.2) is 0 Å². The van der Waals surface area contributed by atoms with Gasteiger partial charge in [0.2, 0.25) is 0 Å². The van der Waals surface area contributed by atoms with Crippen LogP contribution in [0.1, 0.15) is 36.4 Å². The third-order valence-electron chi connectivity index (χ3n) is 5.51. The number of hydrogen-bond donors (Lipinski definition) is 0.